The molecule has 0 spiro atoms. The van der Waals surface area contributed by atoms with Crippen LogP contribution in [-0.2, 0) is 12.8 Å². The molecule has 0 nitrogen and oxygen atoms in total. The van der Waals surface area contributed by atoms with Gasteiger partial charge in [-0.2, -0.15) is 0 Å². The third-order valence-electron chi connectivity index (χ3n) is 4.59. The maximum Gasteiger partial charge on any atom is 0.00159 e. The smallest absolute Gasteiger partial charge is 0.00159 e. The quantitative estimate of drug-likeness (QED) is 0.596. The molecular weight excluding hydrogens is 180 g/mol. The topological polar surface area (TPSA) is 0 Å². The van der Waals surface area contributed by atoms with E-state index in [1.807, 2.05) is 0 Å². The highest BCUT2D eigenvalue weighted by molar-refractivity contribution is 5.39. The molecule has 0 N–H and O–H groups in total. The summed E-state index contributed by atoms with van der Waals surface area (Å²) in [6.45, 7) is 0. The van der Waals surface area contributed by atoms with Crippen molar-refractivity contribution >= 4 is 0 Å². The minimum absolute atomic E-state index is 0.873. The molecule has 3 unspecified atom stereocenters. The largest absolute Gasteiger partial charge is 0.0845 e. The molecule has 0 amide bonds. The van der Waals surface area contributed by atoms with Gasteiger partial charge in [-0.15, -0.1) is 0 Å². The maximum absolute atomic E-state index is 2.45. The first-order chi connectivity index (χ1) is 7.42. The zero-order chi connectivity index (χ0) is 9.83. The molecule has 4 rings (SSSR count). The fraction of sp³-hybridized carbons (Fsp3) is 0.400. The van der Waals surface area contributed by atoms with Gasteiger partial charge in [0.2, 0.25) is 0 Å². The van der Waals surface area contributed by atoms with Crippen molar-refractivity contribution in [2.75, 3.05) is 0 Å². The van der Waals surface area contributed by atoms with Gasteiger partial charge in [0.15, 0.2) is 0 Å². The SMILES string of the molecule is C1=CC2C[C]1C1Cc3ccccc3CC21. The van der Waals surface area contributed by atoms with E-state index in [1.54, 1.807) is 17.0 Å². The van der Waals surface area contributed by atoms with Crippen molar-refractivity contribution in [2.24, 2.45) is 17.8 Å². The Labute approximate surface area is 91.0 Å². The first-order valence-electron chi connectivity index (χ1n) is 6.02. The summed E-state index contributed by atoms with van der Waals surface area (Å²) in [6, 6.07) is 9.02. The molecule has 3 aliphatic carbocycles. The molecule has 1 aromatic carbocycles. The summed E-state index contributed by atoms with van der Waals surface area (Å²) in [5.74, 6) is 4.42. The zero-order valence-corrected chi connectivity index (χ0v) is 8.82. The second kappa shape index (κ2) is 2.75. The molecule has 1 saturated carbocycles. The lowest BCUT2D eigenvalue weighted by Gasteiger charge is -2.33. The Bertz CT molecular complexity index is 390. The third-order valence-corrected chi connectivity index (χ3v) is 4.59. The normalized spacial score (nSPS) is 36.7. The fourth-order valence-electron chi connectivity index (χ4n) is 3.82. The van der Waals surface area contributed by atoms with Gasteiger partial charge in [-0.05, 0) is 48.1 Å². The van der Waals surface area contributed by atoms with E-state index >= 15 is 0 Å². The van der Waals surface area contributed by atoms with Crippen LogP contribution in [0.3, 0.4) is 0 Å². The molecule has 3 aliphatic rings. The van der Waals surface area contributed by atoms with Crippen molar-refractivity contribution in [2.45, 2.75) is 19.3 Å². The number of fused-ring (bicyclic) bond motifs is 6. The van der Waals surface area contributed by atoms with E-state index in [0.717, 1.165) is 17.8 Å². The first-order valence-corrected chi connectivity index (χ1v) is 6.02. The fourth-order valence-corrected chi connectivity index (χ4v) is 3.82. The number of allylic oxidation sites excluding steroid dienone is 2. The lowest BCUT2D eigenvalue weighted by Crippen LogP contribution is -2.27. The molecular formula is C15H15. The molecule has 2 bridgehead atoms. The summed E-state index contributed by atoms with van der Waals surface area (Å²) in [5.41, 5.74) is 3.22. The van der Waals surface area contributed by atoms with Crippen molar-refractivity contribution in [1.82, 2.24) is 0 Å². The summed E-state index contributed by atoms with van der Waals surface area (Å²) in [4.78, 5) is 0. The summed E-state index contributed by atoms with van der Waals surface area (Å²) < 4.78 is 0. The van der Waals surface area contributed by atoms with Crippen LogP contribution in [0.1, 0.15) is 17.5 Å². The van der Waals surface area contributed by atoms with Gasteiger partial charge in [-0.3, -0.25) is 0 Å². The van der Waals surface area contributed by atoms with Crippen LogP contribution in [-0.4, -0.2) is 0 Å². The van der Waals surface area contributed by atoms with Gasteiger partial charge in [0, 0.05) is 5.92 Å². The van der Waals surface area contributed by atoms with Crippen LogP contribution in [0.4, 0.5) is 0 Å². The zero-order valence-electron chi connectivity index (χ0n) is 8.82. The summed E-state index contributed by atoms with van der Waals surface area (Å²) >= 11 is 0. The highest BCUT2D eigenvalue weighted by Gasteiger charge is 2.46. The average molecular weight is 195 g/mol. The predicted molar refractivity (Wildman–Crippen MR) is 61.3 cm³/mol. The standard InChI is InChI=1S/C15H15/c1-2-4-11-9-15-13-6-5-12(7-13)14(15)8-10(11)3-1/h1-6,12,14-15H,7-9H2. The number of benzene rings is 1. The molecule has 1 fully saturated rings. The van der Waals surface area contributed by atoms with Crippen LogP contribution in [0.5, 0.6) is 0 Å². The maximum atomic E-state index is 2.45. The van der Waals surface area contributed by atoms with Crippen LogP contribution in [0.2, 0.25) is 0 Å². The Morgan fingerprint density at radius 2 is 1.73 bits per heavy atom. The highest BCUT2D eigenvalue weighted by atomic mass is 14.5. The van der Waals surface area contributed by atoms with Crippen molar-refractivity contribution in [3.8, 4) is 0 Å². The Balaban J connectivity index is 1.77. The molecule has 1 aromatic rings. The van der Waals surface area contributed by atoms with Gasteiger partial charge < -0.3 is 0 Å². The van der Waals surface area contributed by atoms with E-state index < -0.39 is 0 Å². The second-order valence-corrected chi connectivity index (χ2v) is 5.25. The minimum Gasteiger partial charge on any atom is -0.0845 e. The predicted octanol–water partition coefficient (Wildman–Crippen LogP) is 3.18. The first kappa shape index (κ1) is 8.15. The molecule has 15 heavy (non-hydrogen) atoms. The lowest BCUT2D eigenvalue weighted by molar-refractivity contribution is 0.327. The summed E-state index contributed by atoms with van der Waals surface area (Å²) in [6.07, 6.45) is 8.84. The van der Waals surface area contributed by atoms with Crippen LogP contribution >= 0.6 is 0 Å². The van der Waals surface area contributed by atoms with Gasteiger partial charge >= 0.3 is 0 Å². The lowest BCUT2D eigenvalue weighted by atomic mass is 9.71. The van der Waals surface area contributed by atoms with Crippen LogP contribution in [0.25, 0.3) is 0 Å². The van der Waals surface area contributed by atoms with Gasteiger partial charge in [-0.25, -0.2) is 0 Å². The number of rotatable bonds is 0. The number of hydrogen-bond acceptors (Lipinski definition) is 0. The highest BCUT2D eigenvalue weighted by Crippen LogP contribution is 2.53. The Hall–Kier alpha value is -1.04. The molecule has 0 aliphatic heterocycles. The van der Waals surface area contributed by atoms with E-state index in [2.05, 4.69) is 36.4 Å². The molecule has 75 valence electrons. The minimum atomic E-state index is 0.873. The summed E-state index contributed by atoms with van der Waals surface area (Å²) in [7, 11) is 0. The molecule has 1 radical (unpaired) electrons. The van der Waals surface area contributed by atoms with E-state index in [0.29, 0.717) is 0 Å². The number of hydrogen-bond donors (Lipinski definition) is 0. The second-order valence-electron chi connectivity index (χ2n) is 5.25. The molecule has 0 heterocycles. The Morgan fingerprint density at radius 3 is 2.60 bits per heavy atom. The monoisotopic (exact) mass is 195 g/mol. The van der Waals surface area contributed by atoms with Gasteiger partial charge in [0.25, 0.3) is 0 Å². The Kier molecular flexibility index (Phi) is 1.49. The van der Waals surface area contributed by atoms with Crippen molar-refractivity contribution in [3.63, 3.8) is 0 Å². The van der Waals surface area contributed by atoms with E-state index in [-0.39, 0.29) is 0 Å². The van der Waals surface area contributed by atoms with Crippen LogP contribution < -0.4 is 0 Å². The van der Waals surface area contributed by atoms with E-state index in [1.165, 1.54) is 19.3 Å². The molecule has 0 aromatic heterocycles. The van der Waals surface area contributed by atoms with E-state index in [9.17, 15) is 0 Å². The van der Waals surface area contributed by atoms with E-state index in [4.69, 9.17) is 0 Å². The Morgan fingerprint density at radius 1 is 0.933 bits per heavy atom. The van der Waals surface area contributed by atoms with Crippen molar-refractivity contribution < 1.29 is 0 Å². The average Bonchev–Trinajstić information content (AvgIpc) is 2.87. The van der Waals surface area contributed by atoms with Gasteiger partial charge in [0.1, 0.15) is 0 Å². The molecule has 0 saturated heterocycles. The van der Waals surface area contributed by atoms with Gasteiger partial charge in [-0.1, -0.05) is 36.4 Å². The van der Waals surface area contributed by atoms with Crippen molar-refractivity contribution in [3.05, 3.63) is 53.5 Å². The van der Waals surface area contributed by atoms with Crippen LogP contribution in [0.15, 0.2) is 36.4 Å². The van der Waals surface area contributed by atoms with Crippen LogP contribution in [0, 0.1) is 23.7 Å². The third kappa shape index (κ3) is 1.03. The molecule has 3 atom stereocenters. The molecule has 0 heteroatoms. The van der Waals surface area contributed by atoms with Crippen molar-refractivity contribution in [1.29, 1.82) is 0 Å². The van der Waals surface area contributed by atoms with Gasteiger partial charge in [0.05, 0.1) is 0 Å². The summed E-state index contributed by atoms with van der Waals surface area (Å²) in [5, 5.41) is 0.